The van der Waals surface area contributed by atoms with Crippen LogP contribution in [-0.2, 0) is 6.42 Å². The van der Waals surface area contributed by atoms with Crippen LogP contribution >= 0.6 is 0 Å². The van der Waals surface area contributed by atoms with Crippen molar-refractivity contribution >= 4 is 5.69 Å². The summed E-state index contributed by atoms with van der Waals surface area (Å²) in [6, 6.07) is 9.31. The van der Waals surface area contributed by atoms with Crippen molar-refractivity contribution in [3.8, 4) is 0 Å². The Morgan fingerprint density at radius 3 is 2.37 bits per heavy atom. The van der Waals surface area contributed by atoms with E-state index in [0.29, 0.717) is 6.04 Å². The van der Waals surface area contributed by atoms with Crippen LogP contribution in [0.4, 0.5) is 5.69 Å². The zero-order chi connectivity index (χ0) is 13.7. The SMILES string of the molecule is CCC(N)Cc1ccc(N(CC)CC2CCC2)cc1. The van der Waals surface area contributed by atoms with Gasteiger partial charge in [-0.3, -0.25) is 0 Å². The molecule has 1 aromatic carbocycles. The van der Waals surface area contributed by atoms with E-state index in [1.54, 1.807) is 0 Å². The molecular weight excluding hydrogens is 232 g/mol. The molecule has 0 amide bonds. The van der Waals surface area contributed by atoms with Crippen molar-refractivity contribution in [3.05, 3.63) is 29.8 Å². The Morgan fingerprint density at radius 1 is 1.21 bits per heavy atom. The average Bonchev–Trinajstić information content (AvgIpc) is 2.39. The van der Waals surface area contributed by atoms with E-state index in [2.05, 4.69) is 43.0 Å². The number of benzene rings is 1. The molecule has 0 saturated heterocycles. The molecule has 106 valence electrons. The number of rotatable bonds is 7. The topological polar surface area (TPSA) is 29.3 Å². The summed E-state index contributed by atoms with van der Waals surface area (Å²) in [5.41, 5.74) is 8.73. The maximum atomic E-state index is 6.01. The van der Waals surface area contributed by atoms with Crippen LogP contribution in [0.25, 0.3) is 0 Å². The van der Waals surface area contributed by atoms with E-state index in [0.717, 1.165) is 25.3 Å². The molecule has 2 nitrogen and oxygen atoms in total. The van der Waals surface area contributed by atoms with E-state index < -0.39 is 0 Å². The molecule has 0 bridgehead atoms. The predicted octanol–water partition coefficient (Wildman–Crippen LogP) is 3.59. The fourth-order valence-corrected chi connectivity index (χ4v) is 2.69. The zero-order valence-corrected chi connectivity index (χ0v) is 12.4. The highest BCUT2D eigenvalue weighted by Crippen LogP contribution is 2.29. The second kappa shape index (κ2) is 6.95. The Labute approximate surface area is 118 Å². The lowest BCUT2D eigenvalue weighted by atomic mass is 9.85. The van der Waals surface area contributed by atoms with Gasteiger partial charge in [-0.1, -0.05) is 25.5 Å². The highest BCUT2D eigenvalue weighted by Gasteiger charge is 2.20. The van der Waals surface area contributed by atoms with Crippen LogP contribution in [0.3, 0.4) is 0 Å². The summed E-state index contributed by atoms with van der Waals surface area (Å²) >= 11 is 0. The van der Waals surface area contributed by atoms with Crippen LogP contribution in [-0.4, -0.2) is 19.1 Å². The van der Waals surface area contributed by atoms with Gasteiger partial charge in [-0.15, -0.1) is 0 Å². The molecule has 2 rings (SSSR count). The lowest BCUT2D eigenvalue weighted by Gasteiger charge is -2.33. The number of anilines is 1. The van der Waals surface area contributed by atoms with Gasteiger partial charge < -0.3 is 10.6 Å². The Kier molecular flexibility index (Phi) is 5.26. The minimum absolute atomic E-state index is 0.295. The second-order valence-corrected chi connectivity index (χ2v) is 5.87. The smallest absolute Gasteiger partial charge is 0.0366 e. The average molecular weight is 260 g/mol. The predicted molar refractivity (Wildman–Crippen MR) is 83.6 cm³/mol. The first kappa shape index (κ1) is 14.4. The van der Waals surface area contributed by atoms with E-state index >= 15 is 0 Å². The van der Waals surface area contributed by atoms with Gasteiger partial charge in [0, 0.05) is 24.8 Å². The van der Waals surface area contributed by atoms with Gasteiger partial charge in [0.2, 0.25) is 0 Å². The van der Waals surface area contributed by atoms with Gasteiger partial charge in [-0.2, -0.15) is 0 Å². The summed E-state index contributed by atoms with van der Waals surface area (Å²) < 4.78 is 0. The van der Waals surface area contributed by atoms with Gasteiger partial charge in [-0.25, -0.2) is 0 Å². The van der Waals surface area contributed by atoms with E-state index in [1.807, 2.05) is 0 Å². The first-order chi connectivity index (χ1) is 9.22. The van der Waals surface area contributed by atoms with Gasteiger partial charge in [0.15, 0.2) is 0 Å². The van der Waals surface area contributed by atoms with Crippen LogP contribution in [0.1, 0.15) is 45.1 Å². The molecule has 1 saturated carbocycles. The van der Waals surface area contributed by atoms with Crippen molar-refractivity contribution in [2.45, 2.75) is 52.0 Å². The van der Waals surface area contributed by atoms with Crippen LogP contribution in [0.15, 0.2) is 24.3 Å². The summed E-state index contributed by atoms with van der Waals surface area (Å²) in [4.78, 5) is 2.51. The molecule has 2 N–H and O–H groups in total. The fourth-order valence-electron chi connectivity index (χ4n) is 2.69. The quantitative estimate of drug-likeness (QED) is 0.811. The molecule has 0 spiro atoms. The minimum atomic E-state index is 0.295. The summed E-state index contributed by atoms with van der Waals surface area (Å²) in [7, 11) is 0. The fraction of sp³-hybridized carbons (Fsp3) is 0.647. The molecule has 19 heavy (non-hydrogen) atoms. The molecule has 0 heterocycles. The molecule has 1 aromatic rings. The van der Waals surface area contributed by atoms with Crippen molar-refractivity contribution in [1.29, 1.82) is 0 Å². The highest BCUT2D eigenvalue weighted by atomic mass is 15.1. The highest BCUT2D eigenvalue weighted by molar-refractivity contribution is 5.47. The second-order valence-electron chi connectivity index (χ2n) is 5.87. The lowest BCUT2D eigenvalue weighted by Crippen LogP contribution is -2.32. The minimum Gasteiger partial charge on any atom is -0.372 e. The monoisotopic (exact) mass is 260 g/mol. The normalized spacial score (nSPS) is 17.0. The van der Waals surface area contributed by atoms with E-state index in [1.165, 1.54) is 37.1 Å². The maximum Gasteiger partial charge on any atom is 0.0366 e. The Hall–Kier alpha value is -1.02. The Morgan fingerprint density at radius 2 is 1.89 bits per heavy atom. The van der Waals surface area contributed by atoms with Crippen LogP contribution in [0.5, 0.6) is 0 Å². The van der Waals surface area contributed by atoms with Gasteiger partial charge in [-0.05, 0) is 56.2 Å². The van der Waals surface area contributed by atoms with Crippen molar-refractivity contribution < 1.29 is 0 Å². The Bertz CT molecular complexity index is 367. The van der Waals surface area contributed by atoms with Gasteiger partial charge in [0.05, 0.1) is 0 Å². The van der Waals surface area contributed by atoms with Crippen molar-refractivity contribution in [2.75, 3.05) is 18.0 Å². The molecule has 1 aliphatic carbocycles. The van der Waals surface area contributed by atoms with Crippen molar-refractivity contribution in [3.63, 3.8) is 0 Å². The standard InChI is InChI=1S/C17H28N2/c1-3-16(18)12-14-8-10-17(11-9-14)19(4-2)13-15-6-5-7-15/h8-11,15-16H,3-7,12-13,18H2,1-2H3. The third-order valence-corrected chi connectivity index (χ3v) is 4.41. The molecule has 2 heteroatoms. The van der Waals surface area contributed by atoms with Crippen molar-refractivity contribution in [2.24, 2.45) is 11.7 Å². The van der Waals surface area contributed by atoms with Crippen molar-refractivity contribution in [1.82, 2.24) is 0 Å². The number of hydrogen-bond donors (Lipinski definition) is 1. The molecule has 1 unspecified atom stereocenters. The molecule has 1 fully saturated rings. The third kappa shape index (κ3) is 3.97. The summed E-state index contributed by atoms with van der Waals surface area (Å²) in [6.45, 7) is 6.73. The Balaban J connectivity index is 1.94. The summed E-state index contributed by atoms with van der Waals surface area (Å²) in [5.74, 6) is 0.924. The maximum absolute atomic E-state index is 6.01. The van der Waals surface area contributed by atoms with Crippen LogP contribution in [0, 0.1) is 5.92 Å². The molecule has 0 radical (unpaired) electrons. The molecule has 1 aliphatic rings. The van der Waals surface area contributed by atoms with Crippen LogP contribution < -0.4 is 10.6 Å². The van der Waals surface area contributed by atoms with E-state index in [9.17, 15) is 0 Å². The number of hydrogen-bond acceptors (Lipinski definition) is 2. The number of nitrogens with zero attached hydrogens (tertiary/aromatic N) is 1. The molecule has 0 aliphatic heterocycles. The lowest BCUT2D eigenvalue weighted by molar-refractivity contribution is 0.318. The van der Waals surface area contributed by atoms with Gasteiger partial charge >= 0.3 is 0 Å². The summed E-state index contributed by atoms with van der Waals surface area (Å²) in [5, 5.41) is 0. The van der Waals surface area contributed by atoms with Crippen LogP contribution in [0.2, 0.25) is 0 Å². The first-order valence-corrected chi connectivity index (χ1v) is 7.82. The molecule has 0 aromatic heterocycles. The first-order valence-electron chi connectivity index (χ1n) is 7.82. The van der Waals surface area contributed by atoms with Gasteiger partial charge in [0.25, 0.3) is 0 Å². The summed E-state index contributed by atoms with van der Waals surface area (Å²) in [6.07, 6.45) is 6.30. The largest absolute Gasteiger partial charge is 0.372 e. The van der Waals surface area contributed by atoms with E-state index in [-0.39, 0.29) is 0 Å². The third-order valence-electron chi connectivity index (χ3n) is 4.41. The van der Waals surface area contributed by atoms with Gasteiger partial charge in [0.1, 0.15) is 0 Å². The van der Waals surface area contributed by atoms with E-state index in [4.69, 9.17) is 5.73 Å². The molecular formula is C17H28N2. The number of nitrogens with two attached hydrogens (primary N) is 1. The molecule has 1 atom stereocenters. The zero-order valence-electron chi connectivity index (χ0n) is 12.4.